The highest BCUT2D eigenvalue weighted by Crippen LogP contribution is 2.24. The number of aliphatic carboxylic acids is 2. The number of benzene rings is 1. The molecule has 122 valence electrons. The first kappa shape index (κ1) is 16.7. The van der Waals surface area contributed by atoms with Crippen LogP contribution >= 0.6 is 0 Å². The van der Waals surface area contributed by atoms with Gasteiger partial charge in [-0.05, 0) is 35.9 Å². The fraction of sp³-hybridized carbons (Fsp3) is 0.353. The first-order valence-electron chi connectivity index (χ1n) is 7.60. The fourth-order valence-electron chi connectivity index (χ4n) is 2.41. The zero-order valence-electron chi connectivity index (χ0n) is 13.0. The molecule has 2 rings (SSSR count). The summed E-state index contributed by atoms with van der Waals surface area (Å²) < 4.78 is 0. The third kappa shape index (κ3) is 4.42. The summed E-state index contributed by atoms with van der Waals surface area (Å²) in [6.45, 7) is 2.12. The van der Waals surface area contributed by atoms with E-state index in [1.807, 2.05) is 24.3 Å². The van der Waals surface area contributed by atoms with Crippen LogP contribution in [0.4, 0.5) is 5.82 Å². The molecule has 0 fully saturated rings. The van der Waals surface area contributed by atoms with Crippen LogP contribution in [0.3, 0.4) is 0 Å². The van der Waals surface area contributed by atoms with Crippen LogP contribution in [-0.2, 0) is 16.0 Å². The van der Waals surface area contributed by atoms with Gasteiger partial charge in [0.05, 0.1) is 6.42 Å². The summed E-state index contributed by atoms with van der Waals surface area (Å²) in [5, 5.41) is 22.5. The molecule has 6 nitrogen and oxygen atoms in total. The van der Waals surface area contributed by atoms with Crippen LogP contribution in [0.1, 0.15) is 31.7 Å². The highest BCUT2D eigenvalue weighted by Gasteiger charge is 2.22. The van der Waals surface area contributed by atoms with Crippen molar-refractivity contribution in [2.24, 2.45) is 0 Å². The van der Waals surface area contributed by atoms with Gasteiger partial charge < -0.3 is 15.5 Å². The summed E-state index contributed by atoms with van der Waals surface area (Å²) in [7, 11) is 0. The number of hydrogen-bond donors (Lipinski definition) is 3. The smallest absolute Gasteiger partial charge is 0.326 e. The lowest BCUT2D eigenvalue weighted by Gasteiger charge is -2.15. The lowest BCUT2D eigenvalue weighted by molar-refractivity contribution is -0.144. The summed E-state index contributed by atoms with van der Waals surface area (Å²) in [5.41, 5.74) is 1.15. The predicted octanol–water partition coefficient (Wildman–Crippen LogP) is 2.92. The van der Waals surface area contributed by atoms with E-state index in [-0.39, 0.29) is 0 Å². The van der Waals surface area contributed by atoms with E-state index in [9.17, 15) is 14.7 Å². The highest BCUT2D eigenvalue weighted by atomic mass is 16.4. The minimum Gasteiger partial charge on any atom is -0.481 e. The number of hydrogen-bond acceptors (Lipinski definition) is 4. The molecule has 0 spiro atoms. The third-order valence-corrected chi connectivity index (χ3v) is 3.64. The Kier molecular flexibility index (Phi) is 5.51. The molecule has 0 amide bonds. The number of carboxylic acid groups (broad SMARTS) is 2. The summed E-state index contributed by atoms with van der Waals surface area (Å²) in [6, 6.07) is 6.63. The van der Waals surface area contributed by atoms with Crippen molar-refractivity contribution >= 4 is 28.5 Å². The van der Waals surface area contributed by atoms with Crippen molar-refractivity contribution < 1.29 is 19.8 Å². The number of nitrogens with zero attached hydrogens (tertiary/aromatic N) is 1. The molecule has 0 bridgehead atoms. The number of carbonyl (C=O) groups is 2. The summed E-state index contributed by atoms with van der Waals surface area (Å²) in [5.74, 6) is -1.99. The zero-order valence-corrected chi connectivity index (χ0v) is 13.0. The molecular formula is C17H20N2O4. The van der Waals surface area contributed by atoms with E-state index in [0.29, 0.717) is 5.82 Å². The Balaban J connectivity index is 2.34. The van der Waals surface area contributed by atoms with E-state index >= 15 is 0 Å². The van der Waals surface area contributed by atoms with Crippen molar-refractivity contribution in [3.63, 3.8) is 0 Å². The maximum Gasteiger partial charge on any atom is 0.326 e. The van der Waals surface area contributed by atoms with Gasteiger partial charge in [0.1, 0.15) is 11.9 Å². The SMILES string of the molecule is CCCCc1ccc2ccnc(NC(CC(=O)O)C(=O)O)c2c1. The van der Waals surface area contributed by atoms with Crippen LogP contribution in [0.2, 0.25) is 0 Å². The molecule has 3 N–H and O–H groups in total. The molecule has 1 aromatic heterocycles. The van der Waals surface area contributed by atoms with Crippen molar-refractivity contribution in [3.8, 4) is 0 Å². The van der Waals surface area contributed by atoms with Crippen molar-refractivity contribution in [3.05, 3.63) is 36.0 Å². The number of pyridine rings is 1. The van der Waals surface area contributed by atoms with Gasteiger partial charge in [0.15, 0.2) is 0 Å². The molecule has 0 radical (unpaired) electrons. The van der Waals surface area contributed by atoms with Gasteiger partial charge in [-0.15, -0.1) is 0 Å². The largest absolute Gasteiger partial charge is 0.481 e. The highest BCUT2D eigenvalue weighted by molar-refractivity contribution is 5.94. The van der Waals surface area contributed by atoms with Gasteiger partial charge in [-0.1, -0.05) is 25.5 Å². The number of nitrogens with one attached hydrogen (secondary N) is 1. The lowest BCUT2D eigenvalue weighted by Crippen LogP contribution is -2.32. The number of carboxylic acids is 2. The van der Waals surface area contributed by atoms with Gasteiger partial charge in [-0.2, -0.15) is 0 Å². The normalized spacial score (nSPS) is 12.0. The fourth-order valence-corrected chi connectivity index (χ4v) is 2.41. The maximum absolute atomic E-state index is 11.2. The van der Waals surface area contributed by atoms with E-state index in [1.54, 1.807) is 6.20 Å². The average Bonchev–Trinajstić information content (AvgIpc) is 2.52. The molecule has 0 saturated heterocycles. The van der Waals surface area contributed by atoms with Gasteiger partial charge in [0, 0.05) is 11.6 Å². The van der Waals surface area contributed by atoms with Crippen LogP contribution in [0.25, 0.3) is 10.8 Å². The number of fused-ring (bicyclic) bond motifs is 1. The Hall–Kier alpha value is -2.63. The van der Waals surface area contributed by atoms with E-state index in [1.165, 1.54) is 0 Å². The number of aryl methyl sites for hydroxylation is 1. The van der Waals surface area contributed by atoms with E-state index in [4.69, 9.17) is 5.11 Å². The van der Waals surface area contributed by atoms with Crippen LogP contribution in [0.5, 0.6) is 0 Å². The maximum atomic E-state index is 11.2. The van der Waals surface area contributed by atoms with E-state index in [0.717, 1.165) is 35.6 Å². The standard InChI is InChI=1S/C17H20N2O4/c1-2-3-4-11-5-6-12-7-8-18-16(13(12)9-11)19-14(17(22)23)10-15(20)21/h5-9,14H,2-4,10H2,1H3,(H,18,19)(H,20,21)(H,22,23). The lowest BCUT2D eigenvalue weighted by atomic mass is 10.0. The molecule has 1 aromatic carbocycles. The Labute approximate surface area is 134 Å². The molecule has 1 atom stereocenters. The summed E-state index contributed by atoms with van der Waals surface area (Å²) >= 11 is 0. The number of unbranched alkanes of at least 4 members (excludes halogenated alkanes) is 1. The first-order chi connectivity index (χ1) is 11.0. The summed E-state index contributed by atoms with van der Waals surface area (Å²) in [6.07, 6.45) is 4.18. The topological polar surface area (TPSA) is 99.5 Å². The van der Waals surface area contributed by atoms with E-state index in [2.05, 4.69) is 17.2 Å². The quantitative estimate of drug-likeness (QED) is 0.692. The monoisotopic (exact) mass is 316 g/mol. The number of aromatic nitrogens is 1. The molecule has 0 aliphatic rings. The second-order valence-corrected chi connectivity index (χ2v) is 5.45. The molecular weight excluding hydrogens is 296 g/mol. The minimum atomic E-state index is -1.22. The Morgan fingerprint density at radius 3 is 2.70 bits per heavy atom. The zero-order chi connectivity index (χ0) is 16.8. The van der Waals surface area contributed by atoms with Gasteiger partial charge >= 0.3 is 11.9 Å². The van der Waals surface area contributed by atoms with Gasteiger partial charge in [0.25, 0.3) is 0 Å². The van der Waals surface area contributed by atoms with Gasteiger partial charge in [-0.25, -0.2) is 9.78 Å². The van der Waals surface area contributed by atoms with Crippen LogP contribution in [0, 0.1) is 0 Å². The van der Waals surface area contributed by atoms with Gasteiger partial charge in [-0.3, -0.25) is 4.79 Å². The van der Waals surface area contributed by atoms with Gasteiger partial charge in [0.2, 0.25) is 0 Å². The van der Waals surface area contributed by atoms with Crippen LogP contribution in [0.15, 0.2) is 30.5 Å². The van der Waals surface area contributed by atoms with Crippen LogP contribution < -0.4 is 5.32 Å². The second-order valence-electron chi connectivity index (χ2n) is 5.45. The third-order valence-electron chi connectivity index (χ3n) is 3.64. The molecule has 6 heteroatoms. The summed E-state index contributed by atoms with van der Waals surface area (Å²) in [4.78, 5) is 26.2. The second kappa shape index (κ2) is 7.58. The minimum absolute atomic E-state index is 0.398. The Morgan fingerprint density at radius 1 is 1.26 bits per heavy atom. The number of anilines is 1. The molecule has 23 heavy (non-hydrogen) atoms. The van der Waals surface area contributed by atoms with E-state index < -0.39 is 24.4 Å². The first-order valence-corrected chi connectivity index (χ1v) is 7.60. The van der Waals surface area contributed by atoms with Crippen molar-refractivity contribution in [1.82, 2.24) is 4.98 Å². The average molecular weight is 316 g/mol. The molecule has 1 heterocycles. The van der Waals surface area contributed by atoms with Crippen molar-refractivity contribution in [2.75, 3.05) is 5.32 Å². The Morgan fingerprint density at radius 2 is 2.04 bits per heavy atom. The molecule has 1 unspecified atom stereocenters. The molecule has 0 aliphatic carbocycles. The predicted molar refractivity (Wildman–Crippen MR) is 87.7 cm³/mol. The molecule has 0 saturated carbocycles. The van der Waals surface area contributed by atoms with Crippen molar-refractivity contribution in [2.45, 2.75) is 38.6 Å². The van der Waals surface area contributed by atoms with Crippen LogP contribution in [-0.4, -0.2) is 33.2 Å². The Bertz CT molecular complexity index is 715. The van der Waals surface area contributed by atoms with Crippen molar-refractivity contribution in [1.29, 1.82) is 0 Å². The number of rotatable bonds is 8. The molecule has 0 aliphatic heterocycles. The molecule has 2 aromatic rings.